The van der Waals surface area contributed by atoms with Gasteiger partial charge in [0.05, 0.1) is 17.7 Å². The normalized spacial score (nSPS) is 17.3. The molecule has 0 aliphatic carbocycles. The van der Waals surface area contributed by atoms with E-state index in [2.05, 4.69) is 6.58 Å². The molecule has 0 spiro atoms. The number of hydrogen-bond acceptors (Lipinski definition) is 6. The summed E-state index contributed by atoms with van der Waals surface area (Å²) >= 11 is 0. The highest BCUT2D eigenvalue weighted by atomic mass is 16.5. The minimum Gasteiger partial charge on any atom is -0.507 e. The molecule has 35 heavy (non-hydrogen) atoms. The SMILES string of the molecule is C=CCOc1ccc(C2/C(=C(\O)c3ccc(OC(C)C)c(C)c3)C(=O)C(=O)N2CCN(C)C)cc1. The standard InChI is InChI=1S/C28H34N2O5/c1-7-16-34-22-11-8-20(9-12-22)25-24(27(32)28(33)30(25)15-14-29(5)6)26(31)21-10-13-23(19(4)17-21)35-18(2)3/h7-13,17-18,25,31H,1,14-16H2,2-6H3/b26-24+. The van der Waals surface area contributed by atoms with Crippen molar-refractivity contribution in [1.82, 2.24) is 9.80 Å². The molecule has 3 rings (SSSR count). The van der Waals surface area contributed by atoms with Gasteiger partial charge in [-0.15, -0.1) is 0 Å². The Bertz CT molecular complexity index is 1120. The molecule has 2 aromatic carbocycles. The molecule has 1 atom stereocenters. The minimum absolute atomic E-state index is 0.00796. The highest BCUT2D eigenvalue weighted by Gasteiger charge is 2.45. The number of carbonyl (C=O) groups excluding carboxylic acids is 2. The molecule has 7 heteroatoms. The molecule has 1 aliphatic heterocycles. The van der Waals surface area contributed by atoms with E-state index < -0.39 is 17.7 Å². The van der Waals surface area contributed by atoms with Gasteiger partial charge < -0.3 is 24.4 Å². The van der Waals surface area contributed by atoms with Gasteiger partial charge in [-0.2, -0.15) is 0 Å². The van der Waals surface area contributed by atoms with Gasteiger partial charge in [0.15, 0.2) is 0 Å². The second-order valence-electron chi connectivity index (χ2n) is 9.11. The number of nitrogens with zero attached hydrogens (tertiary/aromatic N) is 2. The first kappa shape index (κ1) is 26.0. The lowest BCUT2D eigenvalue weighted by Gasteiger charge is -2.26. The van der Waals surface area contributed by atoms with E-state index in [0.29, 0.717) is 42.3 Å². The van der Waals surface area contributed by atoms with Crippen LogP contribution in [-0.4, -0.2) is 66.5 Å². The van der Waals surface area contributed by atoms with Gasteiger partial charge in [0.25, 0.3) is 11.7 Å². The maximum absolute atomic E-state index is 13.2. The summed E-state index contributed by atoms with van der Waals surface area (Å²) in [5.74, 6) is -0.169. The van der Waals surface area contributed by atoms with E-state index >= 15 is 0 Å². The van der Waals surface area contributed by atoms with Gasteiger partial charge in [0, 0.05) is 18.7 Å². The third kappa shape index (κ3) is 5.92. The van der Waals surface area contributed by atoms with Crippen LogP contribution in [-0.2, 0) is 9.59 Å². The third-order valence-corrected chi connectivity index (χ3v) is 5.70. The van der Waals surface area contributed by atoms with Gasteiger partial charge in [-0.1, -0.05) is 24.8 Å². The quantitative estimate of drug-likeness (QED) is 0.237. The van der Waals surface area contributed by atoms with Gasteiger partial charge in [-0.3, -0.25) is 9.59 Å². The molecule has 1 saturated heterocycles. The number of carbonyl (C=O) groups is 2. The second-order valence-corrected chi connectivity index (χ2v) is 9.11. The first-order valence-corrected chi connectivity index (χ1v) is 11.7. The predicted octanol–water partition coefficient (Wildman–Crippen LogP) is 4.33. The number of aliphatic hydroxyl groups is 1. The van der Waals surface area contributed by atoms with Crippen LogP contribution in [0.2, 0.25) is 0 Å². The van der Waals surface area contributed by atoms with Gasteiger partial charge in [0.1, 0.15) is 23.9 Å². The lowest BCUT2D eigenvalue weighted by Crippen LogP contribution is -2.35. The summed E-state index contributed by atoms with van der Waals surface area (Å²) in [7, 11) is 3.81. The van der Waals surface area contributed by atoms with Crippen molar-refractivity contribution in [2.24, 2.45) is 0 Å². The number of ketones is 1. The average molecular weight is 479 g/mol. The number of benzene rings is 2. The summed E-state index contributed by atoms with van der Waals surface area (Å²) in [5, 5.41) is 11.3. The van der Waals surface area contributed by atoms with Gasteiger partial charge in [-0.05, 0) is 76.3 Å². The van der Waals surface area contributed by atoms with Crippen LogP contribution < -0.4 is 9.47 Å². The molecule has 1 N–H and O–H groups in total. The van der Waals surface area contributed by atoms with Gasteiger partial charge in [0.2, 0.25) is 0 Å². The number of ether oxygens (including phenoxy) is 2. The topological polar surface area (TPSA) is 79.3 Å². The number of likely N-dealkylation sites (tertiary alicyclic amines) is 1. The molecular formula is C28H34N2O5. The molecule has 186 valence electrons. The number of amides is 1. The van der Waals surface area contributed by atoms with E-state index in [1.807, 2.05) is 51.9 Å². The van der Waals surface area contributed by atoms with Crippen molar-refractivity contribution in [3.8, 4) is 11.5 Å². The Labute approximate surface area is 207 Å². The van der Waals surface area contributed by atoms with E-state index in [9.17, 15) is 14.7 Å². The Hall–Kier alpha value is -3.58. The molecule has 0 saturated carbocycles. The maximum Gasteiger partial charge on any atom is 0.295 e. The number of aryl methyl sites for hydroxylation is 1. The lowest BCUT2D eigenvalue weighted by atomic mass is 9.94. The molecule has 1 amide bonds. The van der Waals surface area contributed by atoms with Crippen LogP contribution in [0.25, 0.3) is 5.76 Å². The van der Waals surface area contributed by atoms with Crippen LogP contribution in [0.4, 0.5) is 0 Å². The van der Waals surface area contributed by atoms with Crippen molar-refractivity contribution in [2.45, 2.75) is 32.9 Å². The second kappa shape index (κ2) is 11.2. The molecule has 1 unspecified atom stereocenters. The molecule has 1 aliphatic rings. The Kier molecular flexibility index (Phi) is 8.35. The Morgan fingerprint density at radius 3 is 2.43 bits per heavy atom. The fraction of sp³-hybridized carbons (Fsp3) is 0.357. The summed E-state index contributed by atoms with van der Waals surface area (Å²) in [6, 6.07) is 11.7. The zero-order chi connectivity index (χ0) is 25.7. The van der Waals surface area contributed by atoms with E-state index in [0.717, 1.165) is 5.56 Å². The highest BCUT2D eigenvalue weighted by molar-refractivity contribution is 6.46. The Morgan fingerprint density at radius 2 is 1.86 bits per heavy atom. The van der Waals surface area contributed by atoms with Gasteiger partial charge >= 0.3 is 0 Å². The predicted molar refractivity (Wildman–Crippen MR) is 137 cm³/mol. The number of rotatable bonds is 10. The number of hydrogen-bond donors (Lipinski definition) is 1. The zero-order valence-electron chi connectivity index (χ0n) is 21.1. The minimum atomic E-state index is -0.713. The van der Waals surface area contributed by atoms with Gasteiger partial charge in [-0.25, -0.2) is 0 Å². The molecule has 7 nitrogen and oxygen atoms in total. The first-order chi connectivity index (χ1) is 16.6. The van der Waals surface area contributed by atoms with Crippen LogP contribution in [0.1, 0.15) is 36.6 Å². The maximum atomic E-state index is 13.2. The van der Waals surface area contributed by atoms with Crippen LogP contribution in [0.15, 0.2) is 60.7 Å². The Balaban J connectivity index is 2.08. The van der Waals surface area contributed by atoms with Crippen molar-refractivity contribution in [2.75, 3.05) is 33.8 Å². The third-order valence-electron chi connectivity index (χ3n) is 5.70. The van der Waals surface area contributed by atoms with Crippen molar-refractivity contribution >= 4 is 17.4 Å². The number of aliphatic hydroxyl groups excluding tert-OH is 1. The fourth-order valence-corrected chi connectivity index (χ4v) is 4.00. The van der Waals surface area contributed by atoms with E-state index in [1.54, 1.807) is 36.4 Å². The average Bonchev–Trinajstić information content (AvgIpc) is 3.07. The van der Waals surface area contributed by atoms with Crippen LogP contribution in [0, 0.1) is 6.92 Å². The lowest BCUT2D eigenvalue weighted by molar-refractivity contribution is -0.140. The highest BCUT2D eigenvalue weighted by Crippen LogP contribution is 2.40. The summed E-state index contributed by atoms with van der Waals surface area (Å²) in [5.41, 5.74) is 2.07. The molecule has 1 heterocycles. The van der Waals surface area contributed by atoms with Crippen molar-refractivity contribution < 1.29 is 24.2 Å². The summed E-state index contributed by atoms with van der Waals surface area (Å²) in [6.07, 6.45) is 1.66. The number of Topliss-reactive ketones (excluding diaryl/α,β-unsaturated/α-hetero) is 1. The molecule has 0 aromatic heterocycles. The summed E-state index contributed by atoms with van der Waals surface area (Å²) in [6.45, 7) is 10.7. The van der Waals surface area contributed by atoms with E-state index in [4.69, 9.17) is 9.47 Å². The van der Waals surface area contributed by atoms with Crippen molar-refractivity contribution in [1.29, 1.82) is 0 Å². The van der Waals surface area contributed by atoms with Crippen LogP contribution in [0.5, 0.6) is 11.5 Å². The largest absolute Gasteiger partial charge is 0.507 e. The summed E-state index contributed by atoms with van der Waals surface area (Å²) < 4.78 is 11.4. The van der Waals surface area contributed by atoms with E-state index in [-0.39, 0.29) is 17.4 Å². The van der Waals surface area contributed by atoms with Crippen molar-refractivity contribution in [3.63, 3.8) is 0 Å². The van der Waals surface area contributed by atoms with E-state index in [1.165, 1.54) is 4.90 Å². The van der Waals surface area contributed by atoms with Crippen molar-refractivity contribution in [3.05, 3.63) is 77.4 Å². The zero-order valence-corrected chi connectivity index (χ0v) is 21.1. The van der Waals surface area contributed by atoms with Crippen LogP contribution >= 0.6 is 0 Å². The first-order valence-electron chi connectivity index (χ1n) is 11.7. The smallest absolute Gasteiger partial charge is 0.295 e. The molecule has 2 aromatic rings. The molecular weight excluding hydrogens is 444 g/mol. The fourth-order valence-electron chi connectivity index (χ4n) is 4.00. The summed E-state index contributed by atoms with van der Waals surface area (Å²) in [4.78, 5) is 29.7. The Morgan fingerprint density at radius 1 is 1.17 bits per heavy atom. The number of likely N-dealkylation sites (N-methyl/N-ethyl adjacent to an activating group) is 1. The molecule has 0 radical (unpaired) electrons. The molecule has 0 bridgehead atoms. The molecule has 1 fully saturated rings. The monoisotopic (exact) mass is 478 g/mol. The van der Waals surface area contributed by atoms with Crippen LogP contribution in [0.3, 0.4) is 0 Å².